The van der Waals surface area contributed by atoms with Gasteiger partial charge in [-0.3, -0.25) is 4.79 Å². The van der Waals surface area contributed by atoms with E-state index in [1.807, 2.05) is 0 Å². The van der Waals surface area contributed by atoms with E-state index in [-0.39, 0.29) is 29.6 Å². The maximum atomic E-state index is 10.3. The van der Waals surface area contributed by atoms with Crippen LogP contribution in [0.25, 0.3) is 0 Å². The minimum atomic E-state index is -2.80. The molecule has 0 aliphatic carbocycles. The summed E-state index contributed by atoms with van der Waals surface area (Å²) in [6.07, 6.45) is -2.44. The molecular weight excluding hydrogens is 350 g/mol. The number of carbonyl (C=O) groups excluding carboxylic acids is 1. The summed E-state index contributed by atoms with van der Waals surface area (Å²) in [6.45, 7) is 0. The van der Waals surface area contributed by atoms with Gasteiger partial charge in [0.1, 0.15) is 0 Å². The number of rotatable bonds is 5. The number of hydrogen-bond acceptors (Lipinski definition) is 5. The number of aliphatic hydroxyl groups is 1. The molecule has 0 radical (unpaired) electrons. The fourth-order valence-electron chi connectivity index (χ4n) is 0.703. The molecule has 1 unspecified atom stereocenters. The van der Waals surface area contributed by atoms with Crippen LogP contribution >= 0.6 is 9.19 Å². The molecule has 0 bridgehead atoms. The van der Waals surface area contributed by atoms with Gasteiger partial charge >= 0.3 is 70.7 Å². The molecule has 0 aromatic heterocycles. The van der Waals surface area contributed by atoms with Gasteiger partial charge in [0.15, 0.2) is 5.60 Å². The Balaban J connectivity index is -0.000000529. The van der Waals surface area contributed by atoms with Crippen LogP contribution in [-0.2, 0) is 34.4 Å². The molecule has 0 aromatic rings. The first kappa shape index (κ1) is 21.7. The van der Waals surface area contributed by atoms with Gasteiger partial charge in [-0.15, -0.1) is 0 Å². The topological polar surface area (TPSA) is 135 Å². The van der Waals surface area contributed by atoms with Gasteiger partial charge in [-0.05, 0) is 0 Å². The van der Waals surface area contributed by atoms with E-state index in [1.165, 1.54) is 0 Å². The molecular formula is C6H7AgClNaO7. The molecule has 10 heteroatoms. The third-order valence-corrected chi connectivity index (χ3v) is 1.28. The quantitative estimate of drug-likeness (QED) is 0.420. The molecule has 0 saturated heterocycles. The smallest absolute Gasteiger partial charge is 1.00 e. The van der Waals surface area contributed by atoms with Gasteiger partial charge in [0.05, 0.1) is 6.42 Å². The van der Waals surface area contributed by atoms with Crippen molar-refractivity contribution in [2.24, 2.45) is 0 Å². The summed E-state index contributed by atoms with van der Waals surface area (Å²) in [4.78, 5) is 30.3. The second kappa shape index (κ2) is 10.5. The van der Waals surface area contributed by atoms with Crippen LogP contribution in [0.5, 0.6) is 0 Å². The Kier molecular flexibility index (Phi) is 14.3. The Morgan fingerprint density at radius 1 is 1.19 bits per heavy atom. The van der Waals surface area contributed by atoms with Gasteiger partial charge in [0, 0.05) is 12.4 Å². The van der Waals surface area contributed by atoms with E-state index in [2.05, 4.69) is 29.2 Å². The maximum Gasteiger partial charge on any atom is 1.00 e. The van der Waals surface area contributed by atoms with E-state index in [1.54, 1.807) is 0 Å². The molecule has 0 aromatic carbocycles. The zero-order valence-corrected chi connectivity index (χ0v) is 12.3. The summed E-state index contributed by atoms with van der Waals surface area (Å²) in [5, 5.41) is 35.5. The van der Waals surface area contributed by atoms with E-state index in [0.717, 1.165) is 0 Å². The summed E-state index contributed by atoms with van der Waals surface area (Å²) in [5.74, 6) is -5.34. The number of hydrogen-bond donors (Lipinski definition) is 3. The zero-order valence-electron chi connectivity index (χ0n) is 8.07. The summed E-state index contributed by atoms with van der Waals surface area (Å²) in [7, 11) is 4.45. The first-order chi connectivity index (χ1) is 6.78. The molecule has 0 rings (SSSR count). The average Bonchev–Trinajstić information content (AvgIpc) is 2.04. The van der Waals surface area contributed by atoms with E-state index < -0.39 is 36.4 Å². The first-order valence-electron chi connectivity index (χ1n) is 3.27. The minimum Gasteiger partial charge on any atom is 1.00 e. The Morgan fingerprint density at radius 3 is 1.75 bits per heavy atom. The molecule has 0 spiro atoms. The normalized spacial score (nSPS) is 12.2. The predicted octanol–water partition coefficient (Wildman–Crippen LogP) is -4.89. The van der Waals surface area contributed by atoms with Crippen molar-refractivity contribution in [2.75, 3.05) is 0 Å². The molecule has 0 aliphatic rings. The predicted molar refractivity (Wildman–Crippen MR) is 40.3 cm³/mol. The fourth-order valence-corrected chi connectivity index (χ4v) is 0.703. The van der Waals surface area contributed by atoms with Gasteiger partial charge in [-0.25, -0.2) is 4.79 Å². The van der Waals surface area contributed by atoms with Crippen molar-refractivity contribution in [1.29, 1.82) is 0 Å². The third-order valence-electron chi connectivity index (χ3n) is 1.28. The number of carboxylic acid groups (broad SMARTS) is 3. The van der Waals surface area contributed by atoms with Crippen molar-refractivity contribution in [1.82, 2.24) is 0 Å². The second-order valence-electron chi connectivity index (χ2n) is 2.46. The monoisotopic (exact) mass is 356 g/mol. The molecule has 16 heavy (non-hydrogen) atoms. The van der Waals surface area contributed by atoms with Crippen LogP contribution in [0.4, 0.5) is 0 Å². The molecule has 0 heterocycles. The van der Waals surface area contributed by atoms with E-state index in [0.29, 0.717) is 0 Å². The van der Waals surface area contributed by atoms with E-state index in [9.17, 15) is 19.5 Å². The van der Waals surface area contributed by atoms with Crippen molar-refractivity contribution >= 4 is 27.1 Å². The summed E-state index contributed by atoms with van der Waals surface area (Å²) >= 11 is 2.42. The van der Waals surface area contributed by atoms with Crippen molar-refractivity contribution in [2.45, 2.75) is 18.4 Å². The Bertz CT molecular complexity index is 243. The van der Waals surface area contributed by atoms with Crippen LogP contribution in [0.3, 0.4) is 0 Å². The Morgan fingerprint density at radius 2 is 1.56 bits per heavy atom. The van der Waals surface area contributed by atoms with Gasteiger partial charge < -0.3 is 25.2 Å². The SMILES string of the molecule is O=C([O-])CC(O)(CC(=O)O)C(=O)O.[Cl][Ag].[Na+]. The number of halogens is 1. The average molecular weight is 357 g/mol. The van der Waals surface area contributed by atoms with Gasteiger partial charge in [-0.1, -0.05) is 0 Å². The molecule has 0 aliphatic heterocycles. The maximum absolute atomic E-state index is 10.3. The Hall–Kier alpha value is 0.400. The van der Waals surface area contributed by atoms with Gasteiger partial charge in [0.25, 0.3) is 0 Å². The Labute approximate surface area is 129 Å². The number of carbonyl (C=O) groups is 3. The molecule has 92 valence electrons. The van der Waals surface area contributed by atoms with Crippen LogP contribution in [0.15, 0.2) is 0 Å². The van der Waals surface area contributed by atoms with Gasteiger partial charge in [0.2, 0.25) is 0 Å². The summed E-state index contributed by atoms with van der Waals surface area (Å²) in [5.41, 5.74) is -2.80. The summed E-state index contributed by atoms with van der Waals surface area (Å²) in [6, 6.07) is 0. The third kappa shape index (κ3) is 9.61. The van der Waals surface area contributed by atoms with Crippen LogP contribution in [0.1, 0.15) is 12.8 Å². The molecule has 0 amide bonds. The standard InChI is InChI=1S/C6H8O7.Ag.ClH.Na/c7-3(8)1-6(13,5(11)12)2-4(9)10;;;/h13H,1-2H2,(H,7,8)(H,9,10)(H,11,12);;1H;/q;+1;;+1/p-2. The number of aliphatic carboxylic acids is 3. The largest absolute Gasteiger partial charge is 1.00 e. The van der Waals surface area contributed by atoms with Crippen molar-refractivity contribution in [3.63, 3.8) is 0 Å². The van der Waals surface area contributed by atoms with Crippen LogP contribution in [-0.4, -0.2) is 38.8 Å². The van der Waals surface area contributed by atoms with Crippen molar-refractivity contribution in [3.8, 4) is 0 Å². The zero-order chi connectivity index (χ0) is 12.6. The second-order valence-corrected chi connectivity index (χ2v) is 2.46. The molecule has 0 fully saturated rings. The van der Waals surface area contributed by atoms with E-state index in [4.69, 9.17) is 15.3 Å². The molecule has 0 saturated carbocycles. The molecule has 3 N–H and O–H groups in total. The van der Waals surface area contributed by atoms with E-state index >= 15 is 0 Å². The summed E-state index contributed by atoms with van der Waals surface area (Å²) < 4.78 is 0. The fraction of sp³-hybridized carbons (Fsp3) is 0.500. The van der Waals surface area contributed by atoms with Crippen LogP contribution in [0.2, 0.25) is 0 Å². The molecule has 1 atom stereocenters. The minimum absolute atomic E-state index is 0. The van der Waals surface area contributed by atoms with Crippen molar-refractivity contribution < 1.29 is 84.4 Å². The van der Waals surface area contributed by atoms with Crippen molar-refractivity contribution in [3.05, 3.63) is 0 Å². The van der Waals surface area contributed by atoms with Crippen LogP contribution in [0, 0.1) is 0 Å². The van der Waals surface area contributed by atoms with Gasteiger partial charge in [-0.2, -0.15) is 0 Å². The molecule has 7 nitrogen and oxygen atoms in total. The first-order valence-corrected chi connectivity index (χ1v) is 5.17. The number of carboxylic acids is 3. The van der Waals surface area contributed by atoms with Crippen LogP contribution < -0.4 is 34.7 Å².